The van der Waals surface area contributed by atoms with E-state index in [0.29, 0.717) is 40.4 Å². The molecule has 0 bridgehead atoms. The number of anilines is 2. The van der Waals surface area contributed by atoms with Gasteiger partial charge in [-0.3, -0.25) is 9.59 Å². The second-order valence-corrected chi connectivity index (χ2v) is 11.1. The summed E-state index contributed by atoms with van der Waals surface area (Å²) in [6, 6.07) is 19.9. The van der Waals surface area contributed by atoms with Gasteiger partial charge >= 0.3 is 0 Å². The lowest BCUT2D eigenvalue weighted by Crippen LogP contribution is -2.47. The molecule has 2 amide bonds. The van der Waals surface area contributed by atoms with Crippen molar-refractivity contribution in [2.75, 3.05) is 10.6 Å². The molecule has 3 aromatic rings. The van der Waals surface area contributed by atoms with Crippen molar-refractivity contribution < 1.29 is 18.0 Å². The lowest BCUT2D eigenvalue weighted by Gasteiger charge is -2.28. The van der Waals surface area contributed by atoms with Gasteiger partial charge in [0.05, 0.1) is 4.90 Å². The molecule has 0 aromatic heterocycles. The van der Waals surface area contributed by atoms with E-state index in [2.05, 4.69) is 10.6 Å². The van der Waals surface area contributed by atoms with Gasteiger partial charge in [-0.15, -0.1) is 0 Å². The molecule has 0 radical (unpaired) electrons. The molecule has 0 unspecified atom stereocenters. The van der Waals surface area contributed by atoms with Crippen LogP contribution >= 0.6 is 11.6 Å². The van der Waals surface area contributed by atoms with E-state index in [0.717, 1.165) is 0 Å². The van der Waals surface area contributed by atoms with Crippen LogP contribution < -0.4 is 10.6 Å². The highest BCUT2D eigenvalue weighted by molar-refractivity contribution is 7.93. The van der Waals surface area contributed by atoms with Crippen LogP contribution in [0.2, 0.25) is 5.02 Å². The fraction of sp³-hybridized carbons (Fsp3) is 0.231. The van der Waals surface area contributed by atoms with Crippen LogP contribution in [0.1, 0.15) is 41.6 Å². The van der Waals surface area contributed by atoms with E-state index >= 15 is 0 Å². The van der Waals surface area contributed by atoms with Crippen LogP contribution in [0.5, 0.6) is 0 Å². The van der Waals surface area contributed by atoms with Crippen LogP contribution in [-0.2, 0) is 14.6 Å². The van der Waals surface area contributed by atoms with Crippen LogP contribution in [0.25, 0.3) is 0 Å². The maximum absolute atomic E-state index is 13.6. The second kappa shape index (κ2) is 9.60. The number of carbonyl (C=O) groups excluding carboxylic acids is 2. The summed E-state index contributed by atoms with van der Waals surface area (Å²) in [6.45, 7) is 1.77. The molecule has 0 aliphatic heterocycles. The first-order valence-electron chi connectivity index (χ1n) is 11.0. The standard InChI is InChI=1S/C26H25ClN2O4S/c1-18-22(28-24(30)19-8-3-2-4-9-19)10-7-11-23(18)29-25(31)26(16-5-6-17-26)34(32,33)21-14-12-20(27)13-15-21/h2-4,7-15H,5-6,16-17H2,1H3,(H,28,30)(H,29,31). The molecule has 1 aliphatic carbocycles. The SMILES string of the molecule is Cc1c(NC(=O)c2ccccc2)cccc1NC(=O)C1(S(=O)(=O)c2ccc(Cl)cc2)CCCC1. The van der Waals surface area contributed by atoms with Crippen molar-refractivity contribution in [2.45, 2.75) is 42.2 Å². The Balaban J connectivity index is 1.61. The summed E-state index contributed by atoms with van der Waals surface area (Å²) in [5.41, 5.74) is 2.13. The Morgan fingerprint density at radius 1 is 0.824 bits per heavy atom. The van der Waals surface area contributed by atoms with Gasteiger partial charge in [-0.25, -0.2) is 8.42 Å². The number of benzene rings is 3. The first kappa shape index (κ1) is 24.0. The first-order valence-corrected chi connectivity index (χ1v) is 12.9. The zero-order chi connectivity index (χ0) is 24.3. The fourth-order valence-electron chi connectivity index (χ4n) is 4.33. The van der Waals surface area contributed by atoms with Gasteiger partial charge in [0.1, 0.15) is 0 Å². The molecule has 34 heavy (non-hydrogen) atoms. The number of hydrogen-bond donors (Lipinski definition) is 2. The normalized spacial score (nSPS) is 15.0. The van der Waals surface area contributed by atoms with Gasteiger partial charge in [-0.05, 0) is 73.9 Å². The number of rotatable bonds is 6. The predicted octanol–water partition coefficient (Wildman–Crippen LogP) is 5.63. The topological polar surface area (TPSA) is 92.3 Å². The molecule has 176 valence electrons. The van der Waals surface area contributed by atoms with Crippen LogP contribution in [0.3, 0.4) is 0 Å². The summed E-state index contributed by atoms with van der Waals surface area (Å²) in [5.74, 6) is -0.834. The third-order valence-corrected chi connectivity index (χ3v) is 9.10. The average molecular weight is 497 g/mol. The Hall–Kier alpha value is -3.16. The van der Waals surface area contributed by atoms with Crippen molar-refractivity contribution in [3.63, 3.8) is 0 Å². The highest BCUT2D eigenvalue weighted by Gasteiger charge is 2.53. The largest absolute Gasteiger partial charge is 0.324 e. The Morgan fingerprint density at radius 2 is 1.41 bits per heavy atom. The van der Waals surface area contributed by atoms with Crippen molar-refractivity contribution in [1.82, 2.24) is 0 Å². The molecule has 3 aromatic carbocycles. The molecule has 4 rings (SSSR count). The maximum atomic E-state index is 13.6. The molecule has 1 fully saturated rings. The molecule has 0 saturated heterocycles. The molecule has 0 atom stereocenters. The summed E-state index contributed by atoms with van der Waals surface area (Å²) in [4.78, 5) is 26.2. The zero-order valence-electron chi connectivity index (χ0n) is 18.7. The lowest BCUT2D eigenvalue weighted by atomic mass is 10.1. The average Bonchev–Trinajstić information content (AvgIpc) is 3.35. The van der Waals surface area contributed by atoms with Crippen molar-refractivity contribution in [2.24, 2.45) is 0 Å². The molecule has 2 N–H and O–H groups in total. The van der Waals surface area contributed by atoms with E-state index in [1.54, 1.807) is 49.4 Å². The third kappa shape index (κ3) is 4.45. The minimum Gasteiger partial charge on any atom is -0.324 e. The smallest absolute Gasteiger partial charge is 0.255 e. The molecule has 0 heterocycles. The Labute approximate surface area is 204 Å². The van der Waals surface area contributed by atoms with Gasteiger partial charge < -0.3 is 10.6 Å². The predicted molar refractivity (Wildman–Crippen MR) is 134 cm³/mol. The monoisotopic (exact) mass is 496 g/mol. The van der Waals surface area contributed by atoms with Gasteiger partial charge in [0.2, 0.25) is 5.91 Å². The van der Waals surface area contributed by atoms with E-state index in [1.165, 1.54) is 24.3 Å². The lowest BCUT2D eigenvalue weighted by molar-refractivity contribution is -0.118. The summed E-state index contributed by atoms with van der Waals surface area (Å²) in [5, 5.41) is 6.12. The summed E-state index contributed by atoms with van der Waals surface area (Å²) >= 11 is 5.93. The minimum atomic E-state index is -3.95. The maximum Gasteiger partial charge on any atom is 0.255 e. The number of carbonyl (C=O) groups is 2. The molecule has 6 nitrogen and oxygen atoms in total. The molecule has 0 spiro atoms. The molecule has 8 heteroatoms. The Kier molecular flexibility index (Phi) is 6.77. The van der Waals surface area contributed by atoms with Gasteiger partial charge in [-0.1, -0.05) is 48.7 Å². The summed E-state index contributed by atoms with van der Waals surface area (Å²) in [6.07, 6.45) is 1.78. The molecule has 1 saturated carbocycles. The van der Waals surface area contributed by atoms with Crippen LogP contribution in [0, 0.1) is 6.92 Å². The quantitative estimate of drug-likeness (QED) is 0.463. The number of halogens is 1. The van der Waals surface area contributed by atoms with Gasteiger partial charge in [0.15, 0.2) is 14.6 Å². The van der Waals surface area contributed by atoms with Crippen molar-refractivity contribution in [3.8, 4) is 0 Å². The van der Waals surface area contributed by atoms with Crippen LogP contribution in [0.15, 0.2) is 77.7 Å². The second-order valence-electron chi connectivity index (χ2n) is 8.41. The van der Waals surface area contributed by atoms with E-state index in [4.69, 9.17) is 11.6 Å². The van der Waals surface area contributed by atoms with Crippen LogP contribution in [-0.4, -0.2) is 25.0 Å². The number of hydrogen-bond acceptors (Lipinski definition) is 4. The van der Waals surface area contributed by atoms with E-state index < -0.39 is 20.5 Å². The molecule has 1 aliphatic rings. The van der Waals surface area contributed by atoms with E-state index in [-0.39, 0.29) is 23.6 Å². The van der Waals surface area contributed by atoms with Gasteiger partial charge in [0, 0.05) is 22.0 Å². The first-order chi connectivity index (χ1) is 16.2. The summed E-state index contributed by atoms with van der Waals surface area (Å²) in [7, 11) is -3.95. The molecular weight excluding hydrogens is 472 g/mol. The molecular formula is C26H25ClN2O4S. The van der Waals surface area contributed by atoms with Crippen molar-refractivity contribution >= 4 is 44.6 Å². The minimum absolute atomic E-state index is 0.0783. The van der Waals surface area contributed by atoms with Crippen molar-refractivity contribution in [3.05, 3.63) is 88.9 Å². The van der Waals surface area contributed by atoms with Gasteiger partial charge in [-0.2, -0.15) is 0 Å². The van der Waals surface area contributed by atoms with E-state index in [9.17, 15) is 18.0 Å². The van der Waals surface area contributed by atoms with Gasteiger partial charge in [0.25, 0.3) is 5.91 Å². The number of sulfone groups is 1. The Morgan fingerprint density at radius 3 is 2.03 bits per heavy atom. The van der Waals surface area contributed by atoms with Crippen molar-refractivity contribution in [1.29, 1.82) is 0 Å². The highest BCUT2D eigenvalue weighted by Crippen LogP contribution is 2.42. The summed E-state index contributed by atoms with van der Waals surface area (Å²) < 4.78 is 25.6. The fourth-order valence-corrected chi connectivity index (χ4v) is 6.52. The third-order valence-electron chi connectivity index (χ3n) is 6.33. The van der Waals surface area contributed by atoms with E-state index in [1.807, 2.05) is 6.07 Å². The number of amides is 2. The Bertz CT molecular complexity index is 1320. The van der Waals surface area contributed by atoms with Crippen LogP contribution in [0.4, 0.5) is 11.4 Å². The number of nitrogens with one attached hydrogen (secondary N) is 2. The highest BCUT2D eigenvalue weighted by atomic mass is 35.5. The zero-order valence-corrected chi connectivity index (χ0v) is 20.2.